The van der Waals surface area contributed by atoms with E-state index in [0.29, 0.717) is 6.42 Å². The van der Waals surface area contributed by atoms with Crippen LogP contribution >= 0.6 is 27.5 Å². The number of pyridine rings is 1. The Hall–Kier alpha value is -0.900. The fraction of sp³-hybridized carbons (Fsp3) is 0.214. The van der Waals surface area contributed by atoms with Gasteiger partial charge in [0.2, 0.25) is 0 Å². The molecule has 0 radical (unpaired) electrons. The standard InChI is InChI=1S/C14H14BrClN2/c1-9-12(3-2-4-13(9)16)14(17)7-11-6-5-10(15)8-18-11/h2-6,8,14H,7,17H2,1H3. The summed E-state index contributed by atoms with van der Waals surface area (Å²) >= 11 is 9.47. The molecule has 1 atom stereocenters. The highest BCUT2D eigenvalue weighted by Crippen LogP contribution is 2.24. The monoisotopic (exact) mass is 324 g/mol. The first-order valence-electron chi connectivity index (χ1n) is 5.69. The third-order valence-corrected chi connectivity index (χ3v) is 3.81. The molecule has 0 spiro atoms. The summed E-state index contributed by atoms with van der Waals surface area (Å²) in [6.45, 7) is 1.99. The van der Waals surface area contributed by atoms with Crippen LogP contribution in [-0.2, 0) is 6.42 Å². The molecule has 2 nitrogen and oxygen atoms in total. The molecule has 1 heterocycles. The van der Waals surface area contributed by atoms with Gasteiger partial charge in [-0.3, -0.25) is 4.98 Å². The van der Waals surface area contributed by atoms with Crippen LogP contribution < -0.4 is 5.73 Å². The fourth-order valence-corrected chi connectivity index (χ4v) is 2.30. The van der Waals surface area contributed by atoms with E-state index in [4.69, 9.17) is 17.3 Å². The van der Waals surface area contributed by atoms with Crippen LogP contribution in [0, 0.1) is 6.92 Å². The van der Waals surface area contributed by atoms with Crippen molar-refractivity contribution >= 4 is 27.5 Å². The van der Waals surface area contributed by atoms with E-state index in [2.05, 4.69) is 20.9 Å². The molecule has 0 saturated heterocycles. The lowest BCUT2D eigenvalue weighted by atomic mass is 9.98. The minimum Gasteiger partial charge on any atom is -0.324 e. The van der Waals surface area contributed by atoms with Gasteiger partial charge in [-0.2, -0.15) is 0 Å². The minimum atomic E-state index is -0.0858. The van der Waals surface area contributed by atoms with Crippen molar-refractivity contribution in [2.45, 2.75) is 19.4 Å². The third-order valence-electron chi connectivity index (χ3n) is 2.93. The molecule has 2 aromatic rings. The first-order chi connectivity index (χ1) is 8.58. The lowest BCUT2D eigenvalue weighted by molar-refractivity contribution is 0.701. The second-order valence-corrected chi connectivity index (χ2v) is 5.56. The quantitative estimate of drug-likeness (QED) is 0.924. The molecule has 0 saturated carbocycles. The summed E-state index contributed by atoms with van der Waals surface area (Å²) in [4.78, 5) is 4.34. The van der Waals surface area contributed by atoms with Gasteiger partial charge in [0.25, 0.3) is 0 Å². The second-order valence-electron chi connectivity index (χ2n) is 4.23. The number of rotatable bonds is 3. The van der Waals surface area contributed by atoms with Crippen molar-refractivity contribution < 1.29 is 0 Å². The highest BCUT2D eigenvalue weighted by Gasteiger charge is 2.12. The second kappa shape index (κ2) is 5.83. The van der Waals surface area contributed by atoms with E-state index in [9.17, 15) is 0 Å². The van der Waals surface area contributed by atoms with Crippen LogP contribution in [0.25, 0.3) is 0 Å². The van der Waals surface area contributed by atoms with Gasteiger partial charge in [-0.25, -0.2) is 0 Å². The summed E-state index contributed by atoms with van der Waals surface area (Å²) in [7, 11) is 0. The van der Waals surface area contributed by atoms with E-state index in [1.807, 2.05) is 37.3 Å². The Kier molecular flexibility index (Phi) is 4.38. The van der Waals surface area contributed by atoms with E-state index in [-0.39, 0.29) is 6.04 Å². The molecule has 0 aliphatic carbocycles. The molecule has 1 aromatic carbocycles. The van der Waals surface area contributed by atoms with Gasteiger partial charge >= 0.3 is 0 Å². The normalized spacial score (nSPS) is 12.4. The number of halogens is 2. The molecule has 0 aliphatic rings. The molecule has 0 fully saturated rings. The molecule has 1 aromatic heterocycles. The van der Waals surface area contributed by atoms with Gasteiger partial charge < -0.3 is 5.73 Å². The topological polar surface area (TPSA) is 38.9 Å². The van der Waals surface area contributed by atoms with Crippen molar-refractivity contribution in [3.8, 4) is 0 Å². The minimum absolute atomic E-state index is 0.0858. The van der Waals surface area contributed by atoms with Crippen LogP contribution in [0.5, 0.6) is 0 Å². The Morgan fingerprint density at radius 2 is 2.11 bits per heavy atom. The molecule has 94 valence electrons. The summed E-state index contributed by atoms with van der Waals surface area (Å²) in [5.41, 5.74) is 9.32. The predicted molar refractivity (Wildman–Crippen MR) is 78.8 cm³/mol. The zero-order chi connectivity index (χ0) is 13.1. The van der Waals surface area contributed by atoms with Crippen LogP contribution in [0.4, 0.5) is 0 Å². The van der Waals surface area contributed by atoms with Gasteiger partial charge in [-0.15, -0.1) is 0 Å². The Morgan fingerprint density at radius 3 is 2.78 bits per heavy atom. The van der Waals surface area contributed by atoms with E-state index in [0.717, 1.165) is 26.3 Å². The number of nitrogens with zero attached hydrogens (tertiary/aromatic N) is 1. The van der Waals surface area contributed by atoms with E-state index in [1.54, 1.807) is 6.20 Å². The molecule has 1 unspecified atom stereocenters. The van der Waals surface area contributed by atoms with Crippen molar-refractivity contribution in [3.05, 3.63) is 62.8 Å². The summed E-state index contributed by atoms with van der Waals surface area (Å²) < 4.78 is 0.971. The Bertz CT molecular complexity index is 540. The predicted octanol–water partition coefficient (Wildman–Crippen LogP) is 4.05. The van der Waals surface area contributed by atoms with E-state index < -0.39 is 0 Å². The molecule has 2 N–H and O–H groups in total. The van der Waals surface area contributed by atoms with Crippen LogP contribution in [0.15, 0.2) is 41.0 Å². The lowest BCUT2D eigenvalue weighted by Gasteiger charge is -2.15. The molecule has 0 bridgehead atoms. The summed E-state index contributed by atoms with van der Waals surface area (Å²) in [6, 6.07) is 9.69. The van der Waals surface area contributed by atoms with E-state index >= 15 is 0 Å². The Labute approximate surface area is 120 Å². The smallest absolute Gasteiger partial charge is 0.0438 e. The average molecular weight is 326 g/mol. The Morgan fingerprint density at radius 1 is 1.33 bits per heavy atom. The van der Waals surface area contributed by atoms with Crippen molar-refractivity contribution in [3.63, 3.8) is 0 Å². The molecular weight excluding hydrogens is 312 g/mol. The molecular formula is C14H14BrClN2. The summed E-state index contributed by atoms with van der Waals surface area (Å²) in [6.07, 6.45) is 2.49. The Balaban J connectivity index is 2.19. The van der Waals surface area contributed by atoms with Crippen molar-refractivity contribution in [1.82, 2.24) is 4.98 Å². The van der Waals surface area contributed by atoms with Crippen LogP contribution in [0.2, 0.25) is 5.02 Å². The van der Waals surface area contributed by atoms with Crippen molar-refractivity contribution in [1.29, 1.82) is 0 Å². The van der Waals surface area contributed by atoms with Gasteiger partial charge in [-0.05, 0) is 52.2 Å². The maximum absolute atomic E-state index is 6.22. The number of aromatic nitrogens is 1. The first-order valence-corrected chi connectivity index (χ1v) is 6.86. The first kappa shape index (κ1) is 13.5. The zero-order valence-corrected chi connectivity index (χ0v) is 12.4. The molecule has 2 rings (SSSR count). The van der Waals surface area contributed by atoms with Gasteiger partial charge in [0.15, 0.2) is 0 Å². The number of benzene rings is 1. The third kappa shape index (κ3) is 3.10. The maximum Gasteiger partial charge on any atom is 0.0438 e. The van der Waals surface area contributed by atoms with Gasteiger partial charge in [-0.1, -0.05) is 23.7 Å². The summed E-state index contributed by atoms with van der Waals surface area (Å²) in [5.74, 6) is 0. The van der Waals surface area contributed by atoms with Gasteiger partial charge in [0.05, 0.1) is 0 Å². The number of hydrogen-bond acceptors (Lipinski definition) is 2. The largest absolute Gasteiger partial charge is 0.324 e. The van der Waals surface area contributed by atoms with Crippen molar-refractivity contribution in [2.75, 3.05) is 0 Å². The molecule has 18 heavy (non-hydrogen) atoms. The van der Waals surface area contributed by atoms with Crippen LogP contribution in [-0.4, -0.2) is 4.98 Å². The molecule has 0 aliphatic heterocycles. The number of hydrogen-bond donors (Lipinski definition) is 1. The SMILES string of the molecule is Cc1c(Cl)cccc1C(N)Cc1ccc(Br)cn1. The van der Waals surface area contributed by atoms with E-state index in [1.165, 1.54) is 0 Å². The zero-order valence-electron chi connectivity index (χ0n) is 10.0. The van der Waals surface area contributed by atoms with Crippen LogP contribution in [0.1, 0.15) is 22.9 Å². The van der Waals surface area contributed by atoms with Gasteiger partial charge in [0.1, 0.15) is 0 Å². The average Bonchev–Trinajstić information content (AvgIpc) is 2.35. The highest BCUT2D eigenvalue weighted by atomic mass is 79.9. The van der Waals surface area contributed by atoms with Crippen LogP contribution in [0.3, 0.4) is 0 Å². The molecule has 0 amide bonds. The molecule has 4 heteroatoms. The lowest BCUT2D eigenvalue weighted by Crippen LogP contribution is -2.15. The number of nitrogens with two attached hydrogens (primary N) is 1. The fourth-order valence-electron chi connectivity index (χ4n) is 1.89. The van der Waals surface area contributed by atoms with Crippen molar-refractivity contribution in [2.24, 2.45) is 5.73 Å². The maximum atomic E-state index is 6.22. The van der Waals surface area contributed by atoms with Gasteiger partial charge in [0, 0.05) is 33.8 Å². The highest BCUT2D eigenvalue weighted by molar-refractivity contribution is 9.10. The summed E-state index contributed by atoms with van der Waals surface area (Å²) in [5, 5.41) is 0.756.